The predicted octanol–water partition coefficient (Wildman–Crippen LogP) is 1.51. The highest BCUT2D eigenvalue weighted by atomic mass is 16.5. The lowest BCUT2D eigenvalue weighted by molar-refractivity contribution is 0.0595. The third-order valence-corrected chi connectivity index (χ3v) is 4.05. The normalized spacial score (nSPS) is 29.1. The number of rotatable bonds is 5. The Morgan fingerprint density at radius 2 is 2.06 bits per heavy atom. The van der Waals surface area contributed by atoms with E-state index >= 15 is 0 Å². The fraction of sp³-hybridized carbons (Fsp3) is 1.00. The van der Waals surface area contributed by atoms with Crippen molar-refractivity contribution in [2.45, 2.75) is 38.2 Å². The van der Waals surface area contributed by atoms with Gasteiger partial charge in [-0.05, 0) is 32.2 Å². The molecular formula is C13H25NO2. The van der Waals surface area contributed by atoms with E-state index in [1.807, 2.05) is 0 Å². The van der Waals surface area contributed by atoms with Crippen molar-refractivity contribution in [3.05, 3.63) is 0 Å². The van der Waals surface area contributed by atoms with Gasteiger partial charge in [0.15, 0.2) is 0 Å². The predicted molar refractivity (Wildman–Crippen MR) is 64.4 cm³/mol. The fourth-order valence-corrected chi connectivity index (χ4v) is 3.03. The fourth-order valence-electron chi connectivity index (χ4n) is 3.03. The number of hydrogen-bond acceptors (Lipinski definition) is 3. The minimum absolute atomic E-state index is 0.200. The maximum absolute atomic E-state index is 10.1. The van der Waals surface area contributed by atoms with Crippen LogP contribution in [0.3, 0.4) is 0 Å². The third-order valence-electron chi connectivity index (χ3n) is 4.05. The van der Waals surface area contributed by atoms with Gasteiger partial charge in [-0.15, -0.1) is 0 Å². The van der Waals surface area contributed by atoms with E-state index in [-0.39, 0.29) is 6.10 Å². The summed E-state index contributed by atoms with van der Waals surface area (Å²) < 4.78 is 5.31. The van der Waals surface area contributed by atoms with E-state index in [0.29, 0.717) is 5.92 Å². The van der Waals surface area contributed by atoms with Crippen molar-refractivity contribution in [3.8, 4) is 0 Å². The molecule has 0 aromatic rings. The minimum Gasteiger partial charge on any atom is -0.391 e. The summed E-state index contributed by atoms with van der Waals surface area (Å²) in [6, 6.07) is 0. The van der Waals surface area contributed by atoms with Crippen LogP contribution in [-0.2, 0) is 4.74 Å². The van der Waals surface area contributed by atoms with E-state index in [0.717, 1.165) is 38.6 Å². The zero-order valence-electron chi connectivity index (χ0n) is 10.4. The molecule has 2 atom stereocenters. The molecule has 3 heteroatoms. The molecule has 2 fully saturated rings. The first-order valence-corrected chi connectivity index (χ1v) is 6.70. The average Bonchev–Trinajstić information content (AvgIpc) is 2.88. The molecule has 0 spiro atoms. The zero-order chi connectivity index (χ0) is 11.4. The summed E-state index contributed by atoms with van der Waals surface area (Å²) in [7, 11) is 2.14. The summed E-state index contributed by atoms with van der Waals surface area (Å²) >= 11 is 0. The number of likely N-dealkylation sites (N-methyl/N-ethyl adjacent to an activating group) is 1. The highest BCUT2D eigenvalue weighted by Gasteiger charge is 2.25. The summed E-state index contributed by atoms with van der Waals surface area (Å²) in [6.07, 6.45) is 6.39. The monoisotopic (exact) mass is 227 g/mol. The maximum atomic E-state index is 10.1. The summed E-state index contributed by atoms with van der Waals surface area (Å²) in [5, 5.41) is 10.1. The van der Waals surface area contributed by atoms with Crippen molar-refractivity contribution in [3.63, 3.8) is 0 Å². The largest absolute Gasteiger partial charge is 0.391 e. The quantitative estimate of drug-likeness (QED) is 0.772. The third kappa shape index (κ3) is 3.44. The van der Waals surface area contributed by atoms with E-state index in [2.05, 4.69) is 11.9 Å². The van der Waals surface area contributed by atoms with E-state index in [9.17, 15) is 5.11 Å². The molecule has 94 valence electrons. The number of aliphatic hydroxyl groups is 1. The molecule has 0 aromatic carbocycles. The van der Waals surface area contributed by atoms with Crippen LogP contribution < -0.4 is 0 Å². The Morgan fingerprint density at radius 1 is 1.31 bits per heavy atom. The molecule has 2 rings (SSSR count). The number of aliphatic hydroxyl groups excluding tert-OH is 1. The standard InChI is InChI=1S/C13H25NO2/c1-14(8-11-4-2-3-5-11)9-13(15)12-6-7-16-10-12/h11-13,15H,2-10H2,1H3. The molecule has 3 nitrogen and oxygen atoms in total. The molecule has 0 amide bonds. The maximum Gasteiger partial charge on any atom is 0.0717 e. The van der Waals surface area contributed by atoms with Gasteiger partial charge < -0.3 is 14.7 Å². The Hall–Kier alpha value is -0.120. The van der Waals surface area contributed by atoms with E-state index < -0.39 is 0 Å². The van der Waals surface area contributed by atoms with E-state index in [4.69, 9.17) is 4.74 Å². The van der Waals surface area contributed by atoms with Crippen LogP contribution in [0, 0.1) is 11.8 Å². The number of nitrogens with zero attached hydrogens (tertiary/aromatic N) is 1. The molecular weight excluding hydrogens is 202 g/mol. The lowest BCUT2D eigenvalue weighted by Crippen LogP contribution is -2.36. The van der Waals surface area contributed by atoms with Crippen LogP contribution in [-0.4, -0.2) is 49.5 Å². The molecule has 1 aliphatic carbocycles. The summed E-state index contributed by atoms with van der Waals surface area (Å²) in [5.41, 5.74) is 0. The van der Waals surface area contributed by atoms with Gasteiger partial charge in [0.05, 0.1) is 12.7 Å². The first kappa shape index (κ1) is 12.3. The molecule has 1 heterocycles. The van der Waals surface area contributed by atoms with Gasteiger partial charge in [0, 0.05) is 25.6 Å². The van der Waals surface area contributed by atoms with Gasteiger partial charge >= 0.3 is 0 Å². The van der Waals surface area contributed by atoms with Crippen LogP contribution in [0.15, 0.2) is 0 Å². The SMILES string of the molecule is CN(CC1CCCC1)CC(O)C1CCOC1. The molecule has 2 unspecified atom stereocenters. The van der Waals surface area contributed by atoms with Gasteiger partial charge in [-0.25, -0.2) is 0 Å². The first-order valence-electron chi connectivity index (χ1n) is 6.70. The molecule has 1 saturated carbocycles. The van der Waals surface area contributed by atoms with Gasteiger partial charge in [-0.1, -0.05) is 12.8 Å². The Bertz CT molecular complexity index is 198. The Morgan fingerprint density at radius 3 is 2.69 bits per heavy atom. The van der Waals surface area contributed by atoms with Crippen molar-refractivity contribution >= 4 is 0 Å². The molecule has 16 heavy (non-hydrogen) atoms. The molecule has 0 aromatic heterocycles. The van der Waals surface area contributed by atoms with Crippen molar-refractivity contribution in [1.29, 1.82) is 0 Å². The summed E-state index contributed by atoms with van der Waals surface area (Å²) in [4.78, 5) is 2.30. The highest BCUT2D eigenvalue weighted by molar-refractivity contribution is 4.77. The Labute approximate surface area is 98.8 Å². The Balaban J connectivity index is 1.66. The lowest BCUT2D eigenvalue weighted by atomic mass is 10.0. The van der Waals surface area contributed by atoms with Crippen LogP contribution in [0.25, 0.3) is 0 Å². The topological polar surface area (TPSA) is 32.7 Å². The van der Waals surface area contributed by atoms with E-state index in [1.54, 1.807) is 0 Å². The van der Waals surface area contributed by atoms with E-state index in [1.165, 1.54) is 25.7 Å². The van der Waals surface area contributed by atoms with Crippen LogP contribution in [0.1, 0.15) is 32.1 Å². The highest BCUT2D eigenvalue weighted by Crippen LogP contribution is 2.25. The molecule has 0 bridgehead atoms. The summed E-state index contributed by atoms with van der Waals surface area (Å²) in [5.74, 6) is 1.24. The second-order valence-electron chi connectivity index (χ2n) is 5.56. The molecule has 2 aliphatic rings. The van der Waals surface area contributed by atoms with Crippen LogP contribution in [0.5, 0.6) is 0 Å². The van der Waals surface area contributed by atoms with Crippen LogP contribution in [0.4, 0.5) is 0 Å². The second kappa shape index (κ2) is 5.99. The average molecular weight is 227 g/mol. The molecule has 1 saturated heterocycles. The zero-order valence-corrected chi connectivity index (χ0v) is 10.4. The van der Waals surface area contributed by atoms with Gasteiger partial charge in [0.2, 0.25) is 0 Å². The Kier molecular flexibility index (Phi) is 4.62. The second-order valence-corrected chi connectivity index (χ2v) is 5.56. The molecule has 1 N–H and O–H groups in total. The van der Waals surface area contributed by atoms with Gasteiger partial charge in [0.1, 0.15) is 0 Å². The number of hydrogen-bond donors (Lipinski definition) is 1. The van der Waals surface area contributed by atoms with Gasteiger partial charge in [-0.3, -0.25) is 0 Å². The van der Waals surface area contributed by atoms with Crippen molar-refractivity contribution in [2.24, 2.45) is 11.8 Å². The van der Waals surface area contributed by atoms with Gasteiger partial charge in [0.25, 0.3) is 0 Å². The summed E-state index contributed by atoms with van der Waals surface area (Å²) in [6.45, 7) is 3.54. The number of ether oxygens (including phenoxy) is 1. The molecule has 1 aliphatic heterocycles. The van der Waals surface area contributed by atoms with Crippen molar-refractivity contribution in [1.82, 2.24) is 4.90 Å². The van der Waals surface area contributed by atoms with Crippen LogP contribution in [0.2, 0.25) is 0 Å². The minimum atomic E-state index is -0.200. The lowest BCUT2D eigenvalue weighted by Gasteiger charge is -2.25. The van der Waals surface area contributed by atoms with Gasteiger partial charge in [-0.2, -0.15) is 0 Å². The molecule has 0 radical (unpaired) electrons. The van der Waals surface area contributed by atoms with Crippen molar-refractivity contribution in [2.75, 3.05) is 33.4 Å². The smallest absolute Gasteiger partial charge is 0.0717 e. The first-order chi connectivity index (χ1) is 7.75. The van der Waals surface area contributed by atoms with Crippen LogP contribution >= 0.6 is 0 Å². The van der Waals surface area contributed by atoms with Crippen molar-refractivity contribution < 1.29 is 9.84 Å².